The Morgan fingerprint density at radius 2 is 2.21 bits per heavy atom. The van der Waals surface area contributed by atoms with Crippen molar-refractivity contribution in [3.05, 3.63) is 45.8 Å². The van der Waals surface area contributed by atoms with E-state index in [4.69, 9.17) is 17.0 Å². The monoisotopic (exact) mass is 335 g/mol. The summed E-state index contributed by atoms with van der Waals surface area (Å²) in [4.78, 5) is 7.52. The van der Waals surface area contributed by atoms with Gasteiger partial charge in [-0.05, 0) is 52.4 Å². The summed E-state index contributed by atoms with van der Waals surface area (Å²) in [6.45, 7) is 0. The van der Waals surface area contributed by atoms with Crippen LogP contribution in [0.4, 0.5) is 0 Å². The molecule has 0 radical (unpaired) electrons. The first-order valence-corrected chi connectivity index (χ1v) is 6.80. The van der Waals surface area contributed by atoms with Crippen LogP contribution in [0.15, 0.2) is 41.0 Å². The van der Waals surface area contributed by atoms with Crippen LogP contribution in [0.3, 0.4) is 0 Å². The minimum Gasteiger partial charge on any atom is -0.497 e. The number of rotatable bonds is 2. The van der Waals surface area contributed by atoms with Gasteiger partial charge in [0, 0.05) is 16.7 Å². The van der Waals surface area contributed by atoms with Gasteiger partial charge in [0.1, 0.15) is 5.75 Å². The molecule has 0 saturated heterocycles. The Kier molecular flexibility index (Phi) is 3.12. The number of fused-ring (bicyclic) bond motifs is 1. The van der Waals surface area contributed by atoms with Crippen LogP contribution in [0.2, 0.25) is 0 Å². The van der Waals surface area contributed by atoms with Crippen molar-refractivity contribution < 1.29 is 4.74 Å². The average Bonchev–Trinajstić information content (AvgIpc) is 2.75. The minimum atomic E-state index is 0.600. The van der Waals surface area contributed by atoms with Crippen molar-refractivity contribution in [3.8, 4) is 11.4 Å². The first-order chi connectivity index (χ1) is 9.20. The van der Waals surface area contributed by atoms with E-state index < -0.39 is 0 Å². The van der Waals surface area contributed by atoms with Crippen molar-refractivity contribution in [1.29, 1.82) is 0 Å². The molecule has 96 valence electrons. The second kappa shape index (κ2) is 4.79. The van der Waals surface area contributed by atoms with Gasteiger partial charge in [-0.1, -0.05) is 0 Å². The normalized spacial score (nSPS) is 10.8. The van der Waals surface area contributed by atoms with E-state index in [2.05, 4.69) is 25.9 Å². The van der Waals surface area contributed by atoms with Crippen LogP contribution in [0, 0.1) is 4.77 Å². The van der Waals surface area contributed by atoms with E-state index in [1.165, 1.54) is 0 Å². The lowest BCUT2D eigenvalue weighted by Gasteiger charge is -2.08. The summed E-state index contributed by atoms with van der Waals surface area (Å²) >= 11 is 8.92. The number of imidazole rings is 1. The van der Waals surface area contributed by atoms with Gasteiger partial charge in [0.25, 0.3) is 0 Å². The van der Waals surface area contributed by atoms with Gasteiger partial charge in [0.05, 0.1) is 18.3 Å². The number of methoxy groups -OCH3 is 1. The first-order valence-electron chi connectivity index (χ1n) is 5.60. The van der Waals surface area contributed by atoms with E-state index in [1.807, 2.05) is 34.9 Å². The minimum absolute atomic E-state index is 0.600. The van der Waals surface area contributed by atoms with Gasteiger partial charge >= 0.3 is 0 Å². The molecule has 0 atom stereocenters. The third-order valence-electron chi connectivity index (χ3n) is 2.84. The molecule has 0 fully saturated rings. The Balaban J connectivity index is 2.36. The largest absolute Gasteiger partial charge is 0.497 e. The number of H-pyrrole nitrogens is 1. The van der Waals surface area contributed by atoms with E-state index in [0.717, 1.165) is 27.1 Å². The summed E-state index contributed by atoms with van der Waals surface area (Å²) in [5.41, 5.74) is 2.60. The van der Waals surface area contributed by atoms with Crippen LogP contribution in [0.5, 0.6) is 5.75 Å². The fourth-order valence-electron chi connectivity index (χ4n) is 1.95. The zero-order valence-corrected chi connectivity index (χ0v) is 12.5. The molecule has 6 heteroatoms. The molecular formula is C13H10BrN3OS. The highest BCUT2D eigenvalue weighted by molar-refractivity contribution is 9.10. The van der Waals surface area contributed by atoms with Crippen LogP contribution in [0.1, 0.15) is 0 Å². The molecule has 1 aromatic carbocycles. The molecule has 4 nitrogen and oxygen atoms in total. The Bertz CT molecular complexity index is 809. The molecule has 0 aliphatic heterocycles. The second-order valence-corrected chi connectivity index (χ2v) is 5.20. The molecule has 3 aromatic rings. The molecule has 0 spiro atoms. The number of aromatic amines is 1. The molecule has 19 heavy (non-hydrogen) atoms. The van der Waals surface area contributed by atoms with Gasteiger partial charge in [-0.25, -0.2) is 4.98 Å². The maximum atomic E-state index is 5.38. The predicted molar refractivity (Wildman–Crippen MR) is 80.5 cm³/mol. The quantitative estimate of drug-likeness (QED) is 0.723. The predicted octanol–water partition coefficient (Wildman–Crippen LogP) is 3.85. The number of ether oxygens (including phenoxy) is 1. The fourth-order valence-corrected chi connectivity index (χ4v) is 2.67. The van der Waals surface area contributed by atoms with Gasteiger partial charge in [-0.15, -0.1) is 0 Å². The third kappa shape index (κ3) is 2.06. The van der Waals surface area contributed by atoms with Crippen LogP contribution in [0.25, 0.3) is 16.9 Å². The number of benzene rings is 1. The van der Waals surface area contributed by atoms with Gasteiger partial charge < -0.3 is 9.72 Å². The average molecular weight is 336 g/mol. The number of nitrogens with zero attached hydrogens (tertiary/aromatic N) is 2. The lowest BCUT2D eigenvalue weighted by atomic mass is 10.3. The molecule has 1 N–H and O–H groups in total. The molecular weight excluding hydrogens is 326 g/mol. The Morgan fingerprint density at radius 3 is 3.00 bits per heavy atom. The molecule has 0 aliphatic rings. The smallest absolute Gasteiger partial charge is 0.184 e. The van der Waals surface area contributed by atoms with Gasteiger partial charge in [-0.2, -0.15) is 0 Å². The summed E-state index contributed by atoms with van der Waals surface area (Å²) in [6, 6.07) is 9.56. The van der Waals surface area contributed by atoms with Crippen LogP contribution in [-0.4, -0.2) is 21.6 Å². The van der Waals surface area contributed by atoms with E-state index in [-0.39, 0.29) is 0 Å². The zero-order valence-electron chi connectivity index (χ0n) is 10.1. The summed E-state index contributed by atoms with van der Waals surface area (Å²) in [7, 11) is 1.64. The molecule has 0 amide bonds. The van der Waals surface area contributed by atoms with Crippen molar-refractivity contribution in [2.75, 3.05) is 7.11 Å². The molecule has 0 unspecified atom stereocenters. The van der Waals surface area contributed by atoms with E-state index in [0.29, 0.717) is 4.77 Å². The molecule has 3 rings (SSSR count). The summed E-state index contributed by atoms with van der Waals surface area (Å²) < 4.78 is 8.67. The number of hydrogen-bond acceptors (Lipinski definition) is 3. The first kappa shape index (κ1) is 12.4. The Hall–Kier alpha value is -1.66. The van der Waals surface area contributed by atoms with Crippen molar-refractivity contribution >= 4 is 39.3 Å². The highest BCUT2D eigenvalue weighted by Crippen LogP contribution is 2.28. The van der Waals surface area contributed by atoms with Crippen LogP contribution in [-0.2, 0) is 0 Å². The molecule has 0 saturated carbocycles. The second-order valence-electron chi connectivity index (χ2n) is 3.96. The lowest BCUT2D eigenvalue weighted by molar-refractivity contribution is 0.414. The zero-order chi connectivity index (χ0) is 13.4. The van der Waals surface area contributed by atoms with Crippen molar-refractivity contribution in [2.24, 2.45) is 0 Å². The summed E-state index contributed by atoms with van der Waals surface area (Å²) in [5, 5.41) is 0. The van der Waals surface area contributed by atoms with E-state index in [9.17, 15) is 0 Å². The number of pyridine rings is 1. The summed E-state index contributed by atoms with van der Waals surface area (Å²) in [6.07, 6.45) is 1.75. The highest BCUT2D eigenvalue weighted by atomic mass is 79.9. The molecule has 0 bridgehead atoms. The Labute approximate surface area is 123 Å². The number of hydrogen-bond donors (Lipinski definition) is 1. The van der Waals surface area contributed by atoms with Gasteiger partial charge in [-0.3, -0.25) is 4.57 Å². The molecule has 2 aromatic heterocycles. The highest BCUT2D eigenvalue weighted by Gasteiger charge is 2.11. The Morgan fingerprint density at radius 1 is 1.37 bits per heavy atom. The van der Waals surface area contributed by atoms with Gasteiger partial charge in [0.15, 0.2) is 10.4 Å². The van der Waals surface area contributed by atoms with Crippen molar-refractivity contribution in [3.63, 3.8) is 0 Å². The fraction of sp³-hybridized carbons (Fsp3) is 0.0769. The number of nitrogens with one attached hydrogen (secondary N) is 1. The lowest BCUT2D eigenvalue weighted by Crippen LogP contribution is -1.97. The molecule has 0 aliphatic carbocycles. The van der Waals surface area contributed by atoms with Crippen LogP contribution < -0.4 is 4.74 Å². The SMILES string of the molecule is COc1ccc(Br)c(-n2c(=S)[nH]c3cccnc32)c1. The summed E-state index contributed by atoms with van der Waals surface area (Å²) in [5.74, 6) is 0.769. The van der Waals surface area contributed by atoms with Gasteiger partial charge in [0.2, 0.25) is 0 Å². The van der Waals surface area contributed by atoms with Crippen molar-refractivity contribution in [1.82, 2.24) is 14.5 Å². The standard InChI is InChI=1S/C13H10BrN3OS/c1-18-8-4-5-9(14)11(7-8)17-12-10(16-13(17)19)3-2-6-15-12/h2-7H,1H3,(H,16,19). The number of aromatic nitrogens is 3. The maximum absolute atomic E-state index is 5.38. The topological polar surface area (TPSA) is 42.8 Å². The van der Waals surface area contributed by atoms with Crippen molar-refractivity contribution in [2.45, 2.75) is 0 Å². The maximum Gasteiger partial charge on any atom is 0.184 e. The number of halogens is 1. The van der Waals surface area contributed by atoms with E-state index >= 15 is 0 Å². The third-order valence-corrected chi connectivity index (χ3v) is 3.79. The van der Waals surface area contributed by atoms with E-state index in [1.54, 1.807) is 13.3 Å². The van der Waals surface area contributed by atoms with Crippen LogP contribution >= 0.6 is 28.1 Å². The molecule has 2 heterocycles.